The maximum atomic E-state index is 12.1. The summed E-state index contributed by atoms with van der Waals surface area (Å²) in [6, 6.07) is 8.74. The maximum Gasteiger partial charge on any atom is 0.240 e. The van der Waals surface area contributed by atoms with E-state index in [0.29, 0.717) is 42.2 Å². The van der Waals surface area contributed by atoms with Crippen LogP contribution in [-0.4, -0.2) is 50.5 Å². The lowest BCUT2D eigenvalue weighted by molar-refractivity contribution is -0.118. The number of hydrogen-bond acceptors (Lipinski definition) is 7. The topological polar surface area (TPSA) is 97.0 Å². The van der Waals surface area contributed by atoms with Crippen LogP contribution in [0.5, 0.6) is 0 Å². The Bertz CT molecular complexity index is 893. The lowest BCUT2D eigenvalue weighted by atomic mass is 10.0. The summed E-state index contributed by atoms with van der Waals surface area (Å²) in [5, 5.41) is 7.39. The first-order valence-electron chi connectivity index (χ1n) is 8.06. The molecule has 4 rings (SSSR count). The zero-order chi connectivity index (χ0) is 17.9. The fourth-order valence-corrected chi connectivity index (χ4v) is 2.82. The van der Waals surface area contributed by atoms with Crippen molar-refractivity contribution in [2.24, 2.45) is 0 Å². The summed E-state index contributed by atoms with van der Waals surface area (Å²) in [6.45, 7) is 1.68. The Balaban J connectivity index is 1.28. The van der Waals surface area contributed by atoms with Crippen LogP contribution in [0.4, 0.5) is 5.69 Å². The second-order valence-corrected chi connectivity index (χ2v) is 6.41. The van der Waals surface area contributed by atoms with Gasteiger partial charge in [-0.1, -0.05) is 16.8 Å². The summed E-state index contributed by atoms with van der Waals surface area (Å²) in [5.41, 5.74) is 0.723. The summed E-state index contributed by atoms with van der Waals surface area (Å²) in [7, 11) is 0. The number of nitrogens with one attached hydrogen (secondary N) is 1. The predicted octanol–water partition coefficient (Wildman–Crippen LogP) is 2.22. The van der Waals surface area contributed by atoms with E-state index in [1.54, 1.807) is 42.7 Å². The molecule has 3 heterocycles. The van der Waals surface area contributed by atoms with E-state index in [1.165, 1.54) is 0 Å². The van der Waals surface area contributed by atoms with Crippen molar-refractivity contribution in [3.63, 3.8) is 0 Å². The molecule has 9 heteroatoms. The fraction of sp³-hybridized carbons (Fsp3) is 0.235. The van der Waals surface area contributed by atoms with Crippen LogP contribution in [0.25, 0.3) is 11.6 Å². The summed E-state index contributed by atoms with van der Waals surface area (Å²) in [6.07, 6.45) is 3.26. The highest BCUT2D eigenvalue weighted by atomic mass is 35.5. The van der Waals surface area contributed by atoms with Crippen LogP contribution in [-0.2, 0) is 4.79 Å². The van der Waals surface area contributed by atoms with Gasteiger partial charge in [-0.15, -0.1) is 0 Å². The molecule has 0 saturated carbocycles. The molecule has 3 aromatic rings. The van der Waals surface area contributed by atoms with Crippen molar-refractivity contribution in [1.29, 1.82) is 0 Å². The first-order valence-corrected chi connectivity index (χ1v) is 8.44. The lowest BCUT2D eigenvalue weighted by Crippen LogP contribution is -2.48. The van der Waals surface area contributed by atoms with Crippen LogP contribution < -0.4 is 5.32 Å². The van der Waals surface area contributed by atoms with Crippen LogP contribution in [0.1, 0.15) is 11.8 Å². The van der Waals surface area contributed by atoms with Crippen LogP contribution in [0.3, 0.4) is 0 Å². The van der Waals surface area contributed by atoms with E-state index in [9.17, 15) is 4.79 Å². The second-order valence-electron chi connectivity index (χ2n) is 5.97. The molecule has 0 bridgehead atoms. The van der Waals surface area contributed by atoms with Crippen LogP contribution in [0, 0.1) is 0 Å². The summed E-state index contributed by atoms with van der Waals surface area (Å²) in [4.78, 5) is 26.6. The third kappa shape index (κ3) is 3.71. The number of anilines is 1. The van der Waals surface area contributed by atoms with Gasteiger partial charge in [0, 0.05) is 36.2 Å². The first-order chi connectivity index (χ1) is 12.7. The van der Waals surface area contributed by atoms with Crippen LogP contribution >= 0.6 is 11.6 Å². The highest BCUT2D eigenvalue weighted by molar-refractivity contribution is 6.30. The molecule has 26 heavy (non-hydrogen) atoms. The third-order valence-corrected chi connectivity index (χ3v) is 4.26. The van der Waals surface area contributed by atoms with E-state index in [-0.39, 0.29) is 11.8 Å². The van der Waals surface area contributed by atoms with Crippen molar-refractivity contribution in [2.75, 3.05) is 25.0 Å². The average Bonchev–Trinajstić information content (AvgIpc) is 3.10. The summed E-state index contributed by atoms with van der Waals surface area (Å²) < 4.78 is 5.30. The Morgan fingerprint density at radius 1 is 1.19 bits per heavy atom. The number of hydrogen-bond donors (Lipinski definition) is 1. The van der Waals surface area contributed by atoms with Gasteiger partial charge >= 0.3 is 0 Å². The van der Waals surface area contributed by atoms with Crippen LogP contribution in [0.15, 0.2) is 47.2 Å². The molecule has 0 radical (unpaired) electrons. The largest absolute Gasteiger partial charge is 0.338 e. The molecular formula is C17H15ClN6O2. The minimum absolute atomic E-state index is 0.0744. The minimum atomic E-state index is -0.0744. The Hall–Kier alpha value is -2.84. The molecule has 1 saturated heterocycles. The number of nitrogens with zero attached hydrogens (tertiary/aromatic N) is 5. The number of halogens is 1. The van der Waals surface area contributed by atoms with Crippen molar-refractivity contribution in [1.82, 2.24) is 25.0 Å². The monoisotopic (exact) mass is 370 g/mol. The molecule has 0 atom stereocenters. The van der Waals surface area contributed by atoms with Crippen molar-refractivity contribution in [3.8, 4) is 11.6 Å². The van der Waals surface area contributed by atoms with Crippen LogP contribution in [0.2, 0.25) is 5.02 Å². The van der Waals surface area contributed by atoms with Gasteiger partial charge in [-0.25, -0.2) is 9.97 Å². The lowest BCUT2D eigenvalue weighted by Gasteiger charge is -2.36. The molecule has 1 fully saturated rings. The smallest absolute Gasteiger partial charge is 0.240 e. The first kappa shape index (κ1) is 16.6. The number of likely N-dealkylation sites (tertiary alicyclic amines) is 1. The number of carbonyl (C=O) groups excluding carboxylic acids is 1. The zero-order valence-electron chi connectivity index (χ0n) is 13.7. The van der Waals surface area contributed by atoms with Crippen molar-refractivity contribution in [2.45, 2.75) is 5.92 Å². The molecule has 2 aromatic heterocycles. The number of amides is 1. The van der Waals surface area contributed by atoms with Gasteiger partial charge in [0.2, 0.25) is 23.4 Å². The van der Waals surface area contributed by atoms with Gasteiger partial charge in [0.05, 0.1) is 12.5 Å². The normalized spacial score (nSPS) is 14.8. The van der Waals surface area contributed by atoms with Gasteiger partial charge in [0.1, 0.15) is 0 Å². The summed E-state index contributed by atoms with van der Waals surface area (Å²) in [5.74, 6) is 1.39. The highest BCUT2D eigenvalue weighted by Gasteiger charge is 2.33. The molecule has 8 nitrogen and oxygen atoms in total. The molecule has 1 N–H and O–H groups in total. The van der Waals surface area contributed by atoms with Crippen molar-refractivity contribution in [3.05, 3.63) is 53.6 Å². The number of aromatic nitrogens is 4. The van der Waals surface area contributed by atoms with E-state index in [1.807, 2.05) is 4.90 Å². The highest BCUT2D eigenvalue weighted by Crippen LogP contribution is 2.26. The van der Waals surface area contributed by atoms with Gasteiger partial charge in [0.25, 0.3) is 0 Å². The molecule has 1 amide bonds. The minimum Gasteiger partial charge on any atom is -0.338 e. The van der Waals surface area contributed by atoms with Crippen molar-refractivity contribution >= 4 is 23.2 Å². The number of carbonyl (C=O) groups is 1. The van der Waals surface area contributed by atoms with E-state index >= 15 is 0 Å². The molecule has 1 aliphatic rings. The SMILES string of the molecule is O=C(CN1CC(c2nc(-c3ncccn3)no2)C1)Nc1ccc(Cl)cc1. The Kier molecular flexibility index (Phi) is 4.59. The molecule has 132 valence electrons. The van der Waals surface area contributed by atoms with Crippen molar-refractivity contribution < 1.29 is 9.32 Å². The van der Waals surface area contributed by atoms with Gasteiger partial charge in [0.15, 0.2) is 0 Å². The van der Waals surface area contributed by atoms with E-state index in [2.05, 4.69) is 25.4 Å². The Morgan fingerprint density at radius 2 is 1.92 bits per heavy atom. The molecule has 1 aliphatic heterocycles. The van der Waals surface area contributed by atoms with Gasteiger partial charge < -0.3 is 9.84 Å². The third-order valence-electron chi connectivity index (χ3n) is 4.01. The predicted molar refractivity (Wildman–Crippen MR) is 94.6 cm³/mol. The average molecular weight is 371 g/mol. The van der Waals surface area contributed by atoms with E-state index in [4.69, 9.17) is 16.1 Å². The molecule has 1 aromatic carbocycles. The number of rotatable bonds is 5. The van der Waals surface area contributed by atoms with Gasteiger partial charge in [-0.3, -0.25) is 9.69 Å². The van der Waals surface area contributed by atoms with Gasteiger partial charge in [-0.05, 0) is 30.3 Å². The van der Waals surface area contributed by atoms with E-state index < -0.39 is 0 Å². The molecule has 0 unspecified atom stereocenters. The zero-order valence-corrected chi connectivity index (χ0v) is 14.4. The fourth-order valence-electron chi connectivity index (χ4n) is 2.70. The molecule has 0 spiro atoms. The Labute approximate surface area is 154 Å². The molecule has 0 aliphatic carbocycles. The summed E-state index contributed by atoms with van der Waals surface area (Å²) >= 11 is 5.83. The maximum absolute atomic E-state index is 12.1. The quantitative estimate of drug-likeness (QED) is 0.735. The molecular weight excluding hydrogens is 356 g/mol. The van der Waals surface area contributed by atoms with Gasteiger partial charge in [-0.2, -0.15) is 4.98 Å². The Morgan fingerprint density at radius 3 is 2.65 bits per heavy atom. The number of benzene rings is 1. The second kappa shape index (κ2) is 7.19. The van der Waals surface area contributed by atoms with E-state index in [0.717, 1.165) is 5.69 Å². The standard InChI is InChI=1S/C17H15ClN6O2/c18-12-2-4-13(5-3-12)21-14(25)10-24-8-11(9-24)17-22-16(23-26-17)15-19-6-1-7-20-15/h1-7,11H,8-10H2,(H,21,25).